The Morgan fingerprint density at radius 2 is 1.81 bits per heavy atom. The molecule has 3 nitrogen and oxygen atoms in total. The number of likely N-dealkylation sites (N-methyl/N-ethyl adjacent to an activating group) is 2. The van der Waals surface area contributed by atoms with Crippen LogP contribution in [0.4, 0.5) is 0 Å². The Morgan fingerprint density at radius 3 is 2.38 bits per heavy atom. The molecule has 3 unspecified atom stereocenters. The van der Waals surface area contributed by atoms with Crippen LogP contribution in [0, 0.1) is 13.8 Å². The molecule has 0 aliphatic carbocycles. The van der Waals surface area contributed by atoms with Crippen molar-refractivity contribution in [3.63, 3.8) is 0 Å². The third kappa shape index (κ3) is 3.85. The predicted octanol–water partition coefficient (Wildman–Crippen LogP) is 2.59. The molecule has 1 aromatic rings. The first-order valence-corrected chi connectivity index (χ1v) is 8.11. The molecule has 3 atom stereocenters. The molecule has 1 N–H and O–H groups in total. The fourth-order valence-corrected chi connectivity index (χ4v) is 3.40. The summed E-state index contributed by atoms with van der Waals surface area (Å²) in [5, 5.41) is 3.52. The molecule has 0 saturated carbocycles. The smallest absolute Gasteiger partial charge is 0.0449 e. The fraction of sp³-hybridized carbons (Fsp3) is 0.667. The van der Waals surface area contributed by atoms with Crippen LogP contribution in [0.25, 0.3) is 0 Å². The van der Waals surface area contributed by atoms with E-state index in [1.54, 1.807) is 0 Å². The molecule has 1 heterocycles. The van der Waals surface area contributed by atoms with Crippen LogP contribution in [0.2, 0.25) is 0 Å². The standard InChI is InChI=1S/C18H31N3/c1-13-7-8-14(2)17(9-13)18(19-5)12-21-10-15(3)20(6)16(4)11-21/h7-9,15-16,18-19H,10-12H2,1-6H3. The van der Waals surface area contributed by atoms with E-state index in [-0.39, 0.29) is 0 Å². The Morgan fingerprint density at radius 1 is 1.19 bits per heavy atom. The van der Waals surface area contributed by atoms with Gasteiger partial charge in [0.25, 0.3) is 0 Å². The number of rotatable bonds is 4. The Hall–Kier alpha value is -0.900. The Labute approximate surface area is 130 Å². The maximum atomic E-state index is 3.52. The minimum atomic E-state index is 0.410. The van der Waals surface area contributed by atoms with E-state index in [2.05, 4.69) is 75.1 Å². The molecular formula is C18H31N3. The van der Waals surface area contributed by atoms with E-state index in [9.17, 15) is 0 Å². The van der Waals surface area contributed by atoms with Gasteiger partial charge in [0.15, 0.2) is 0 Å². The number of hydrogen-bond acceptors (Lipinski definition) is 3. The highest BCUT2D eigenvalue weighted by Gasteiger charge is 2.28. The van der Waals surface area contributed by atoms with Gasteiger partial charge in [-0.05, 0) is 52.9 Å². The second-order valence-electron chi connectivity index (χ2n) is 6.78. The highest BCUT2D eigenvalue weighted by atomic mass is 15.3. The van der Waals surface area contributed by atoms with Gasteiger partial charge in [-0.1, -0.05) is 23.8 Å². The van der Waals surface area contributed by atoms with Gasteiger partial charge < -0.3 is 5.32 Å². The molecule has 21 heavy (non-hydrogen) atoms. The first kappa shape index (κ1) is 16.5. The van der Waals surface area contributed by atoms with Crippen molar-refractivity contribution in [2.45, 2.75) is 45.8 Å². The fourth-order valence-electron chi connectivity index (χ4n) is 3.40. The van der Waals surface area contributed by atoms with Crippen molar-refractivity contribution in [3.05, 3.63) is 34.9 Å². The van der Waals surface area contributed by atoms with Crippen molar-refractivity contribution >= 4 is 0 Å². The molecule has 1 saturated heterocycles. The van der Waals surface area contributed by atoms with E-state index in [0.717, 1.165) is 19.6 Å². The number of nitrogens with zero attached hydrogens (tertiary/aromatic N) is 2. The van der Waals surface area contributed by atoms with E-state index in [1.807, 2.05) is 0 Å². The molecule has 0 amide bonds. The van der Waals surface area contributed by atoms with Crippen molar-refractivity contribution in [2.24, 2.45) is 0 Å². The molecule has 3 heteroatoms. The lowest BCUT2D eigenvalue weighted by Crippen LogP contribution is -2.56. The van der Waals surface area contributed by atoms with E-state index >= 15 is 0 Å². The number of aryl methyl sites for hydroxylation is 2. The lowest BCUT2D eigenvalue weighted by molar-refractivity contribution is 0.0547. The van der Waals surface area contributed by atoms with Gasteiger partial charge in [0, 0.05) is 37.8 Å². The van der Waals surface area contributed by atoms with Gasteiger partial charge in [-0.2, -0.15) is 0 Å². The van der Waals surface area contributed by atoms with Gasteiger partial charge in [-0.25, -0.2) is 0 Å². The van der Waals surface area contributed by atoms with Crippen LogP contribution in [0.3, 0.4) is 0 Å². The molecular weight excluding hydrogens is 258 g/mol. The van der Waals surface area contributed by atoms with Crippen molar-refractivity contribution in [2.75, 3.05) is 33.7 Å². The molecule has 1 aliphatic heterocycles. The zero-order valence-electron chi connectivity index (χ0n) is 14.5. The third-order valence-electron chi connectivity index (χ3n) is 5.03. The molecule has 1 aromatic carbocycles. The van der Waals surface area contributed by atoms with Crippen LogP contribution in [0.5, 0.6) is 0 Å². The van der Waals surface area contributed by atoms with Crippen LogP contribution in [-0.4, -0.2) is 55.6 Å². The van der Waals surface area contributed by atoms with E-state index in [1.165, 1.54) is 16.7 Å². The summed E-state index contributed by atoms with van der Waals surface area (Å²) in [4.78, 5) is 5.10. The normalized spacial score (nSPS) is 26.0. The summed E-state index contributed by atoms with van der Waals surface area (Å²) in [5.74, 6) is 0. The minimum Gasteiger partial charge on any atom is -0.312 e. The zero-order valence-corrected chi connectivity index (χ0v) is 14.5. The molecule has 2 rings (SSSR count). The van der Waals surface area contributed by atoms with Gasteiger partial charge in [0.05, 0.1) is 0 Å². The molecule has 0 radical (unpaired) electrons. The zero-order chi connectivity index (χ0) is 15.6. The SMILES string of the molecule is CNC(CN1CC(C)N(C)C(C)C1)c1cc(C)ccc1C. The summed E-state index contributed by atoms with van der Waals surface area (Å²) in [5.41, 5.74) is 4.17. The summed E-state index contributed by atoms with van der Waals surface area (Å²) >= 11 is 0. The van der Waals surface area contributed by atoms with Gasteiger partial charge >= 0.3 is 0 Å². The number of hydrogen-bond donors (Lipinski definition) is 1. The van der Waals surface area contributed by atoms with Crippen molar-refractivity contribution < 1.29 is 0 Å². The highest BCUT2D eigenvalue weighted by Crippen LogP contribution is 2.22. The first-order valence-electron chi connectivity index (χ1n) is 8.11. The summed E-state index contributed by atoms with van der Waals surface area (Å²) < 4.78 is 0. The van der Waals surface area contributed by atoms with E-state index in [0.29, 0.717) is 18.1 Å². The molecule has 1 aliphatic rings. The third-order valence-corrected chi connectivity index (χ3v) is 5.03. The Kier molecular flexibility index (Phi) is 5.42. The average Bonchev–Trinajstić information content (AvgIpc) is 2.45. The molecule has 0 bridgehead atoms. The van der Waals surface area contributed by atoms with Gasteiger partial charge in [0.2, 0.25) is 0 Å². The summed E-state index contributed by atoms with van der Waals surface area (Å²) in [6.07, 6.45) is 0. The highest BCUT2D eigenvalue weighted by molar-refractivity contribution is 5.33. The predicted molar refractivity (Wildman–Crippen MR) is 90.8 cm³/mol. The van der Waals surface area contributed by atoms with E-state index < -0.39 is 0 Å². The second kappa shape index (κ2) is 6.91. The quantitative estimate of drug-likeness (QED) is 0.919. The monoisotopic (exact) mass is 289 g/mol. The van der Waals surface area contributed by atoms with Crippen LogP contribution in [0.1, 0.15) is 36.6 Å². The lowest BCUT2D eigenvalue weighted by atomic mass is 9.97. The number of nitrogens with one attached hydrogen (secondary N) is 1. The first-order chi connectivity index (χ1) is 9.92. The number of piperazine rings is 1. The van der Waals surface area contributed by atoms with Crippen LogP contribution < -0.4 is 5.32 Å². The van der Waals surface area contributed by atoms with E-state index in [4.69, 9.17) is 0 Å². The maximum absolute atomic E-state index is 3.52. The largest absolute Gasteiger partial charge is 0.312 e. The van der Waals surface area contributed by atoms with Crippen LogP contribution in [0.15, 0.2) is 18.2 Å². The minimum absolute atomic E-state index is 0.410. The van der Waals surface area contributed by atoms with Crippen molar-refractivity contribution in [1.82, 2.24) is 15.1 Å². The molecule has 118 valence electrons. The van der Waals surface area contributed by atoms with Gasteiger partial charge in [-0.3, -0.25) is 9.80 Å². The van der Waals surface area contributed by atoms with Crippen LogP contribution in [-0.2, 0) is 0 Å². The lowest BCUT2D eigenvalue weighted by Gasteiger charge is -2.43. The van der Waals surface area contributed by atoms with Crippen molar-refractivity contribution in [1.29, 1.82) is 0 Å². The maximum Gasteiger partial charge on any atom is 0.0449 e. The number of benzene rings is 1. The Balaban J connectivity index is 2.10. The molecule has 1 fully saturated rings. The van der Waals surface area contributed by atoms with Crippen LogP contribution >= 0.6 is 0 Å². The van der Waals surface area contributed by atoms with Gasteiger partial charge in [0.1, 0.15) is 0 Å². The summed E-state index contributed by atoms with van der Waals surface area (Å²) in [7, 11) is 4.32. The average molecular weight is 289 g/mol. The second-order valence-corrected chi connectivity index (χ2v) is 6.78. The molecule has 0 spiro atoms. The summed E-state index contributed by atoms with van der Waals surface area (Å²) in [6, 6.07) is 8.44. The summed E-state index contributed by atoms with van der Waals surface area (Å²) in [6.45, 7) is 12.4. The van der Waals surface area contributed by atoms with Crippen molar-refractivity contribution in [3.8, 4) is 0 Å². The topological polar surface area (TPSA) is 18.5 Å². The Bertz CT molecular complexity index is 460. The molecule has 0 aromatic heterocycles. The van der Waals surface area contributed by atoms with Gasteiger partial charge in [-0.15, -0.1) is 0 Å².